The molecule has 108 valence electrons. The molecule has 0 radical (unpaired) electrons. The number of fused-ring (bicyclic) bond motifs is 1. The molecule has 1 saturated carbocycles. The summed E-state index contributed by atoms with van der Waals surface area (Å²) in [4.78, 5) is 4.62. The lowest BCUT2D eigenvalue weighted by molar-refractivity contribution is 0.0444. The van der Waals surface area contributed by atoms with Crippen molar-refractivity contribution in [3.63, 3.8) is 0 Å². The van der Waals surface area contributed by atoms with Gasteiger partial charge in [0.05, 0.1) is 10.2 Å². The Bertz CT molecular complexity index is 591. The Morgan fingerprint density at radius 2 is 2.30 bits per heavy atom. The lowest BCUT2D eigenvalue weighted by Crippen LogP contribution is -2.56. The molecule has 2 heterocycles. The van der Waals surface area contributed by atoms with E-state index in [2.05, 4.69) is 54.8 Å². The summed E-state index contributed by atoms with van der Waals surface area (Å²) in [6.45, 7) is 8.13. The van der Waals surface area contributed by atoms with Crippen molar-refractivity contribution in [1.82, 2.24) is 10.3 Å². The average Bonchev–Trinajstić information content (AvgIpc) is 2.92. The molecule has 0 amide bonds. The molecule has 3 heteroatoms. The zero-order valence-corrected chi connectivity index (χ0v) is 13.5. The highest BCUT2D eigenvalue weighted by Gasteiger charge is 2.50. The maximum atomic E-state index is 4.62. The molecule has 1 fully saturated rings. The quantitative estimate of drug-likeness (QED) is 0.872. The molecule has 20 heavy (non-hydrogen) atoms. The molecule has 0 spiro atoms. The molecular weight excluding hydrogens is 264 g/mol. The summed E-state index contributed by atoms with van der Waals surface area (Å²) < 4.78 is 1.32. The van der Waals surface area contributed by atoms with Crippen LogP contribution < -0.4 is 5.32 Å². The molecule has 1 aliphatic carbocycles. The van der Waals surface area contributed by atoms with Crippen molar-refractivity contribution < 1.29 is 0 Å². The van der Waals surface area contributed by atoms with Gasteiger partial charge < -0.3 is 5.32 Å². The van der Waals surface area contributed by atoms with Crippen molar-refractivity contribution in [1.29, 1.82) is 0 Å². The Hall–Kier alpha value is -0.930. The van der Waals surface area contributed by atoms with Gasteiger partial charge in [-0.1, -0.05) is 20.8 Å². The first-order chi connectivity index (χ1) is 9.69. The molecule has 1 aliphatic rings. The van der Waals surface area contributed by atoms with Crippen LogP contribution in [0.15, 0.2) is 23.7 Å². The fourth-order valence-electron chi connectivity index (χ4n) is 3.55. The first kappa shape index (κ1) is 14.0. The predicted octanol–water partition coefficient (Wildman–Crippen LogP) is 4.57. The summed E-state index contributed by atoms with van der Waals surface area (Å²) in [7, 11) is 0. The first-order valence-corrected chi connectivity index (χ1v) is 8.63. The molecule has 1 N–H and O–H groups in total. The monoisotopic (exact) mass is 288 g/mol. The summed E-state index contributed by atoms with van der Waals surface area (Å²) in [5.74, 6) is 0.654. The largest absolute Gasteiger partial charge is 0.313 e. The molecule has 3 atom stereocenters. The number of rotatable bonds is 5. The average molecular weight is 288 g/mol. The highest BCUT2D eigenvalue weighted by Crippen LogP contribution is 2.55. The third-order valence-electron chi connectivity index (χ3n) is 5.19. The fraction of sp³-hybridized carbons (Fsp3) is 0.588. The van der Waals surface area contributed by atoms with Gasteiger partial charge in [-0.15, -0.1) is 11.3 Å². The molecule has 2 nitrogen and oxygen atoms in total. The Labute approximate surface area is 125 Å². The number of hydrogen-bond acceptors (Lipinski definition) is 3. The first-order valence-electron chi connectivity index (χ1n) is 7.75. The van der Waals surface area contributed by atoms with Gasteiger partial charge in [0.2, 0.25) is 0 Å². The number of pyridine rings is 1. The van der Waals surface area contributed by atoms with Crippen LogP contribution in [-0.4, -0.2) is 17.6 Å². The van der Waals surface area contributed by atoms with E-state index in [1.807, 2.05) is 0 Å². The molecule has 2 aromatic heterocycles. The minimum absolute atomic E-state index is 0.377. The summed E-state index contributed by atoms with van der Waals surface area (Å²) in [6, 6.07) is 5.13. The van der Waals surface area contributed by atoms with Crippen molar-refractivity contribution >= 4 is 21.6 Å². The maximum Gasteiger partial charge on any atom is 0.0809 e. The second-order valence-electron chi connectivity index (χ2n) is 6.23. The standard InChI is InChI=1S/C17H24N2S/c1-4-7-18-16-10-13(17(16,3)5-2)12-9-15-14(19-11-12)6-8-20-15/h6,8-9,11,13,16,18H,4-5,7,10H2,1-3H3. The second-order valence-corrected chi connectivity index (χ2v) is 7.17. The SMILES string of the molecule is CCCNC1CC(c2cnc3ccsc3c2)C1(C)CC. The van der Waals surface area contributed by atoms with E-state index in [1.165, 1.54) is 29.5 Å². The van der Waals surface area contributed by atoms with Crippen molar-refractivity contribution in [2.75, 3.05) is 6.54 Å². The topological polar surface area (TPSA) is 24.9 Å². The van der Waals surface area contributed by atoms with Crippen molar-refractivity contribution in [3.05, 3.63) is 29.3 Å². The molecule has 3 unspecified atom stereocenters. The van der Waals surface area contributed by atoms with E-state index >= 15 is 0 Å². The lowest BCUT2D eigenvalue weighted by atomic mass is 9.54. The molecule has 0 aromatic carbocycles. The fourth-order valence-corrected chi connectivity index (χ4v) is 4.34. The summed E-state index contributed by atoms with van der Waals surface area (Å²) in [5, 5.41) is 5.86. The number of thiophene rings is 1. The van der Waals surface area contributed by atoms with Gasteiger partial charge in [0.15, 0.2) is 0 Å². The molecule has 3 rings (SSSR count). The number of aromatic nitrogens is 1. The number of hydrogen-bond donors (Lipinski definition) is 1. The van der Waals surface area contributed by atoms with Gasteiger partial charge in [0.25, 0.3) is 0 Å². The normalized spacial score (nSPS) is 29.6. The predicted molar refractivity (Wildman–Crippen MR) is 87.5 cm³/mol. The van der Waals surface area contributed by atoms with Gasteiger partial charge >= 0.3 is 0 Å². The van der Waals surface area contributed by atoms with Crippen molar-refractivity contribution in [3.8, 4) is 0 Å². The minimum Gasteiger partial charge on any atom is -0.313 e. The summed E-state index contributed by atoms with van der Waals surface area (Å²) >= 11 is 1.80. The smallest absolute Gasteiger partial charge is 0.0809 e. The number of nitrogens with zero attached hydrogens (tertiary/aromatic N) is 1. The second kappa shape index (κ2) is 5.45. The van der Waals surface area contributed by atoms with Crippen LogP contribution in [0.4, 0.5) is 0 Å². The molecule has 0 aliphatic heterocycles. The van der Waals surface area contributed by atoms with Crippen molar-refractivity contribution in [2.45, 2.75) is 52.0 Å². The Morgan fingerprint density at radius 1 is 1.45 bits per heavy atom. The summed E-state index contributed by atoms with van der Waals surface area (Å²) in [6.07, 6.45) is 5.79. The van der Waals surface area contributed by atoms with Crippen LogP contribution in [0.2, 0.25) is 0 Å². The van der Waals surface area contributed by atoms with Gasteiger partial charge in [-0.2, -0.15) is 0 Å². The Kier molecular flexibility index (Phi) is 3.83. The Morgan fingerprint density at radius 3 is 3.05 bits per heavy atom. The third-order valence-corrected chi connectivity index (χ3v) is 6.05. The summed E-state index contributed by atoms with van der Waals surface area (Å²) in [5.41, 5.74) is 2.94. The maximum absolute atomic E-state index is 4.62. The van der Waals surface area contributed by atoms with Crippen molar-refractivity contribution in [2.24, 2.45) is 5.41 Å². The van der Waals surface area contributed by atoms with E-state index < -0.39 is 0 Å². The van der Waals surface area contributed by atoms with Gasteiger partial charge in [0.1, 0.15) is 0 Å². The van der Waals surface area contributed by atoms with E-state index in [0.29, 0.717) is 17.4 Å². The third kappa shape index (κ3) is 2.17. The van der Waals surface area contributed by atoms with Gasteiger partial charge in [-0.3, -0.25) is 4.98 Å². The highest BCUT2D eigenvalue weighted by molar-refractivity contribution is 7.17. The van der Waals surface area contributed by atoms with Crippen LogP contribution in [0.1, 0.15) is 51.5 Å². The van der Waals surface area contributed by atoms with Gasteiger partial charge in [0, 0.05) is 12.2 Å². The van der Waals surface area contributed by atoms with Crippen LogP contribution >= 0.6 is 11.3 Å². The van der Waals surface area contributed by atoms with E-state index in [0.717, 1.165) is 12.1 Å². The van der Waals surface area contributed by atoms with Crippen LogP contribution in [0.5, 0.6) is 0 Å². The van der Waals surface area contributed by atoms with E-state index in [4.69, 9.17) is 0 Å². The minimum atomic E-state index is 0.377. The van der Waals surface area contributed by atoms with Crippen LogP contribution in [-0.2, 0) is 0 Å². The van der Waals surface area contributed by atoms with Gasteiger partial charge in [-0.05, 0) is 60.2 Å². The zero-order chi connectivity index (χ0) is 14.2. The van der Waals surface area contributed by atoms with Crippen LogP contribution in [0, 0.1) is 5.41 Å². The molecular formula is C17H24N2S. The van der Waals surface area contributed by atoms with Crippen LogP contribution in [0.3, 0.4) is 0 Å². The molecule has 0 saturated heterocycles. The molecule has 0 bridgehead atoms. The lowest BCUT2D eigenvalue weighted by Gasteiger charge is -2.55. The van der Waals surface area contributed by atoms with Gasteiger partial charge in [-0.25, -0.2) is 0 Å². The molecule has 2 aromatic rings. The Balaban J connectivity index is 1.83. The van der Waals surface area contributed by atoms with Crippen LogP contribution in [0.25, 0.3) is 10.2 Å². The van der Waals surface area contributed by atoms with E-state index in [9.17, 15) is 0 Å². The van der Waals surface area contributed by atoms with E-state index in [1.54, 1.807) is 11.3 Å². The van der Waals surface area contributed by atoms with E-state index in [-0.39, 0.29) is 0 Å². The zero-order valence-electron chi connectivity index (χ0n) is 12.6. The number of nitrogens with one attached hydrogen (secondary N) is 1. The highest BCUT2D eigenvalue weighted by atomic mass is 32.1.